The van der Waals surface area contributed by atoms with E-state index in [9.17, 15) is 0 Å². The molecular weight excluding hydrogens is 232 g/mol. The molecule has 102 valence electrons. The third-order valence-electron chi connectivity index (χ3n) is 6.05. The van der Waals surface area contributed by atoms with E-state index in [1.165, 1.54) is 44.1 Å². The molecule has 5 rings (SSSR count). The Bertz CT molecular complexity index is 467. The van der Waals surface area contributed by atoms with Crippen molar-refractivity contribution in [1.82, 2.24) is 0 Å². The van der Waals surface area contributed by atoms with Gasteiger partial charge in [0, 0.05) is 0 Å². The highest BCUT2D eigenvalue weighted by Gasteiger charge is 2.51. The zero-order valence-electron chi connectivity index (χ0n) is 12.1. The van der Waals surface area contributed by atoms with Crippen LogP contribution in [0.2, 0.25) is 0 Å². The van der Waals surface area contributed by atoms with Crippen molar-refractivity contribution in [2.24, 2.45) is 17.8 Å². The van der Waals surface area contributed by atoms with E-state index in [2.05, 4.69) is 25.1 Å². The average molecular weight is 256 g/mol. The summed E-state index contributed by atoms with van der Waals surface area (Å²) >= 11 is 0. The van der Waals surface area contributed by atoms with Crippen molar-refractivity contribution in [3.8, 4) is 5.75 Å². The zero-order chi connectivity index (χ0) is 13.0. The lowest BCUT2D eigenvalue weighted by atomic mass is 9.48. The van der Waals surface area contributed by atoms with Crippen LogP contribution in [0, 0.1) is 24.7 Å². The summed E-state index contributed by atoms with van der Waals surface area (Å²) < 4.78 is 5.42. The second kappa shape index (κ2) is 4.01. The molecule has 4 aliphatic rings. The first-order chi connectivity index (χ1) is 9.18. The smallest absolute Gasteiger partial charge is 0.121 e. The molecular formula is C18H24O. The summed E-state index contributed by atoms with van der Waals surface area (Å²) in [5, 5.41) is 0. The van der Waals surface area contributed by atoms with Gasteiger partial charge in [0.1, 0.15) is 5.75 Å². The van der Waals surface area contributed by atoms with Crippen molar-refractivity contribution >= 4 is 0 Å². The fraction of sp³-hybridized carbons (Fsp3) is 0.667. The van der Waals surface area contributed by atoms with Gasteiger partial charge in [0.2, 0.25) is 0 Å². The molecule has 0 unspecified atom stereocenters. The first-order valence-electron chi connectivity index (χ1n) is 7.84. The lowest BCUT2D eigenvalue weighted by molar-refractivity contribution is -0.00522. The molecule has 0 heterocycles. The van der Waals surface area contributed by atoms with Gasteiger partial charge in [-0.05, 0) is 85.8 Å². The maximum absolute atomic E-state index is 5.42. The fourth-order valence-electron chi connectivity index (χ4n) is 5.67. The van der Waals surface area contributed by atoms with Crippen LogP contribution in [-0.4, -0.2) is 7.11 Å². The predicted octanol–water partition coefficient (Wildman–Crippen LogP) is 4.47. The number of rotatable bonds is 2. The summed E-state index contributed by atoms with van der Waals surface area (Å²) in [6.07, 6.45) is 8.91. The molecule has 4 aliphatic carbocycles. The molecule has 1 aromatic rings. The van der Waals surface area contributed by atoms with Crippen molar-refractivity contribution in [2.75, 3.05) is 7.11 Å². The molecule has 1 aromatic carbocycles. The quantitative estimate of drug-likeness (QED) is 0.758. The Kier molecular flexibility index (Phi) is 2.49. The standard InChI is InChI=1S/C18H24O/c1-12-5-16(3-4-17(12)19-2)18-9-13-6-14(10-18)8-15(7-13)11-18/h3-5,13-15H,6-11H2,1-2H3. The number of aryl methyl sites for hydroxylation is 1. The Morgan fingerprint density at radius 3 is 2.05 bits per heavy atom. The molecule has 0 atom stereocenters. The minimum atomic E-state index is 0.520. The minimum absolute atomic E-state index is 0.520. The van der Waals surface area contributed by atoms with Gasteiger partial charge in [-0.2, -0.15) is 0 Å². The normalized spacial score (nSPS) is 39.6. The van der Waals surface area contributed by atoms with E-state index in [1.54, 1.807) is 12.7 Å². The van der Waals surface area contributed by atoms with Gasteiger partial charge in [0.25, 0.3) is 0 Å². The molecule has 0 aromatic heterocycles. The van der Waals surface area contributed by atoms with Crippen LogP contribution in [0.1, 0.15) is 49.7 Å². The van der Waals surface area contributed by atoms with Crippen LogP contribution in [0.5, 0.6) is 5.75 Å². The monoisotopic (exact) mass is 256 g/mol. The molecule has 0 amide bonds. The predicted molar refractivity (Wildman–Crippen MR) is 77.6 cm³/mol. The highest BCUT2D eigenvalue weighted by molar-refractivity contribution is 5.40. The van der Waals surface area contributed by atoms with Crippen molar-refractivity contribution in [2.45, 2.75) is 50.9 Å². The molecule has 4 saturated carbocycles. The summed E-state index contributed by atoms with van der Waals surface area (Å²) in [6.45, 7) is 2.18. The summed E-state index contributed by atoms with van der Waals surface area (Å²) in [5.74, 6) is 4.10. The van der Waals surface area contributed by atoms with Crippen LogP contribution >= 0.6 is 0 Å². The van der Waals surface area contributed by atoms with Gasteiger partial charge in [-0.15, -0.1) is 0 Å². The Balaban J connectivity index is 1.73. The van der Waals surface area contributed by atoms with Crippen LogP contribution in [0.3, 0.4) is 0 Å². The van der Waals surface area contributed by atoms with Crippen molar-refractivity contribution < 1.29 is 4.74 Å². The Hall–Kier alpha value is -0.980. The van der Waals surface area contributed by atoms with Gasteiger partial charge in [-0.1, -0.05) is 12.1 Å². The Morgan fingerprint density at radius 1 is 1.00 bits per heavy atom. The van der Waals surface area contributed by atoms with Gasteiger partial charge in [0.15, 0.2) is 0 Å². The first kappa shape index (κ1) is 11.8. The fourth-order valence-corrected chi connectivity index (χ4v) is 5.67. The van der Waals surface area contributed by atoms with Crippen LogP contribution in [0.25, 0.3) is 0 Å². The number of ether oxygens (including phenoxy) is 1. The maximum Gasteiger partial charge on any atom is 0.121 e. The van der Waals surface area contributed by atoms with E-state index >= 15 is 0 Å². The third-order valence-corrected chi connectivity index (χ3v) is 6.05. The molecule has 19 heavy (non-hydrogen) atoms. The highest BCUT2D eigenvalue weighted by atomic mass is 16.5. The minimum Gasteiger partial charge on any atom is -0.496 e. The second-order valence-electron chi connectivity index (χ2n) is 7.38. The zero-order valence-corrected chi connectivity index (χ0v) is 12.1. The molecule has 1 nitrogen and oxygen atoms in total. The molecule has 4 bridgehead atoms. The van der Waals surface area contributed by atoms with Crippen LogP contribution in [0.15, 0.2) is 18.2 Å². The maximum atomic E-state index is 5.42. The number of methoxy groups -OCH3 is 1. The topological polar surface area (TPSA) is 9.23 Å². The van der Waals surface area contributed by atoms with E-state index in [1.807, 2.05) is 0 Å². The Morgan fingerprint density at radius 2 is 1.58 bits per heavy atom. The number of hydrogen-bond acceptors (Lipinski definition) is 1. The van der Waals surface area contributed by atoms with Crippen LogP contribution in [0.4, 0.5) is 0 Å². The average Bonchev–Trinajstić information content (AvgIpc) is 2.37. The summed E-state index contributed by atoms with van der Waals surface area (Å²) in [7, 11) is 1.77. The summed E-state index contributed by atoms with van der Waals surface area (Å²) in [5.41, 5.74) is 3.42. The largest absolute Gasteiger partial charge is 0.496 e. The molecule has 1 heteroatoms. The number of benzene rings is 1. The van der Waals surface area contributed by atoms with Gasteiger partial charge in [-0.3, -0.25) is 0 Å². The molecule has 4 fully saturated rings. The van der Waals surface area contributed by atoms with Crippen molar-refractivity contribution in [3.63, 3.8) is 0 Å². The third kappa shape index (κ3) is 1.74. The van der Waals surface area contributed by atoms with Crippen molar-refractivity contribution in [1.29, 1.82) is 0 Å². The van der Waals surface area contributed by atoms with Gasteiger partial charge < -0.3 is 4.74 Å². The highest BCUT2D eigenvalue weighted by Crippen LogP contribution is 2.60. The lowest BCUT2D eigenvalue weighted by Crippen LogP contribution is -2.48. The van der Waals surface area contributed by atoms with E-state index in [0.717, 1.165) is 23.5 Å². The van der Waals surface area contributed by atoms with Crippen LogP contribution < -0.4 is 4.74 Å². The summed E-state index contributed by atoms with van der Waals surface area (Å²) in [6, 6.07) is 6.94. The number of hydrogen-bond donors (Lipinski definition) is 0. The summed E-state index contributed by atoms with van der Waals surface area (Å²) in [4.78, 5) is 0. The molecule has 0 N–H and O–H groups in total. The van der Waals surface area contributed by atoms with E-state index < -0.39 is 0 Å². The molecule has 0 saturated heterocycles. The van der Waals surface area contributed by atoms with Gasteiger partial charge in [0.05, 0.1) is 7.11 Å². The van der Waals surface area contributed by atoms with E-state index in [0.29, 0.717) is 5.41 Å². The molecule has 0 spiro atoms. The molecule has 0 radical (unpaired) electrons. The lowest BCUT2D eigenvalue weighted by Gasteiger charge is -2.57. The van der Waals surface area contributed by atoms with E-state index in [-0.39, 0.29) is 0 Å². The Labute approximate surface area is 116 Å². The van der Waals surface area contributed by atoms with E-state index in [4.69, 9.17) is 4.74 Å². The molecule has 0 aliphatic heterocycles. The SMILES string of the molecule is COc1ccc(C23CC4CC(CC(C4)C2)C3)cc1C. The second-order valence-corrected chi connectivity index (χ2v) is 7.38. The van der Waals surface area contributed by atoms with Gasteiger partial charge >= 0.3 is 0 Å². The van der Waals surface area contributed by atoms with Crippen LogP contribution in [-0.2, 0) is 5.41 Å². The van der Waals surface area contributed by atoms with Gasteiger partial charge in [-0.25, -0.2) is 0 Å². The van der Waals surface area contributed by atoms with Crippen molar-refractivity contribution in [3.05, 3.63) is 29.3 Å². The first-order valence-corrected chi connectivity index (χ1v) is 7.84.